The molecule has 2 N–H and O–H groups in total. The molecule has 4 atom stereocenters. The summed E-state index contributed by atoms with van der Waals surface area (Å²) in [5.41, 5.74) is -0.945. The Kier molecular flexibility index (Phi) is 2.67. The average Bonchev–Trinajstić information content (AvgIpc) is 2.75. The molecular formula is C12H16N2O5. The van der Waals surface area contributed by atoms with E-state index in [0.717, 1.165) is 0 Å². The standard InChI is InChI=1S/C12H16N2O5/c1-12(2)18-9-6(5-7(15)10(9)19-12)14-4-3-8(16)13-11(14)17/h3-4,6-7,9-10,15H,5H2,1-2H3,(H,13,16,17)/t6-,7+,9?,10?/m1/s1. The summed E-state index contributed by atoms with van der Waals surface area (Å²) >= 11 is 0. The van der Waals surface area contributed by atoms with Crippen LogP contribution in [0.25, 0.3) is 0 Å². The van der Waals surface area contributed by atoms with Gasteiger partial charge in [-0.05, 0) is 20.3 Å². The van der Waals surface area contributed by atoms with Crippen LogP contribution in [0.1, 0.15) is 26.3 Å². The Morgan fingerprint density at radius 2 is 2.05 bits per heavy atom. The van der Waals surface area contributed by atoms with Crippen molar-refractivity contribution in [3.05, 3.63) is 33.1 Å². The summed E-state index contributed by atoms with van der Waals surface area (Å²) in [5, 5.41) is 10.0. The fourth-order valence-corrected chi connectivity index (χ4v) is 2.89. The van der Waals surface area contributed by atoms with E-state index in [4.69, 9.17) is 9.47 Å². The van der Waals surface area contributed by atoms with Crippen LogP contribution < -0.4 is 11.2 Å². The van der Waals surface area contributed by atoms with Gasteiger partial charge in [-0.25, -0.2) is 4.79 Å². The minimum absolute atomic E-state index is 0.342. The number of aliphatic hydroxyl groups excluding tert-OH is 1. The lowest BCUT2D eigenvalue weighted by molar-refractivity contribution is -0.165. The van der Waals surface area contributed by atoms with E-state index in [1.165, 1.54) is 16.8 Å². The van der Waals surface area contributed by atoms with Crippen molar-refractivity contribution in [2.75, 3.05) is 0 Å². The van der Waals surface area contributed by atoms with E-state index in [1.54, 1.807) is 13.8 Å². The van der Waals surface area contributed by atoms with Crippen molar-refractivity contribution < 1.29 is 14.6 Å². The highest BCUT2D eigenvalue weighted by Crippen LogP contribution is 2.43. The predicted molar refractivity (Wildman–Crippen MR) is 64.8 cm³/mol. The molecule has 1 saturated heterocycles. The van der Waals surface area contributed by atoms with Gasteiger partial charge in [0.2, 0.25) is 0 Å². The monoisotopic (exact) mass is 268 g/mol. The first kappa shape index (κ1) is 12.6. The summed E-state index contributed by atoms with van der Waals surface area (Å²) in [7, 11) is 0. The molecule has 2 fully saturated rings. The fourth-order valence-electron chi connectivity index (χ4n) is 2.89. The zero-order valence-electron chi connectivity index (χ0n) is 10.7. The second kappa shape index (κ2) is 4.03. The lowest BCUT2D eigenvalue weighted by Crippen LogP contribution is -2.36. The number of fused-ring (bicyclic) bond motifs is 1. The van der Waals surface area contributed by atoms with Crippen LogP contribution in [-0.2, 0) is 9.47 Å². The van der Waals surface area contributed by atoms with E-state index in [9.17, 15) is 14.7 Å². The zero-order valence-corrected chi connectivity index (χ0v) is 10.7. The van der Waals surface area contributed by atoms with Crippen molar-refractivity contribution >= 4 is 0 Å². The Labute approximate surface area is 108 Å². The van der Waals surface area contributed by atoms with E-state index < -0.39 is 35.3 Å². The van der Waals surface area contributed by atoms with Crippen LogP contribution in [0.4, 0.5) is 0 Å². The van der Waals surface area contributed by atoms with Gasteiger partial charge in [-0.2, -0.15) is 0 Å². The lowest BCUT2D eigenvalue weighted by Gasteiger charge is -2.23. The SMILES string of the molecule is CC1(C)OC2C(O1)[C@@H](O)C[C@H]2n1ccc(=O)[nH]c1=O. The second-order valence-electron chi connectivity index (χ2n) is 5.45. The van der Waals surface area contributed by atoms with E-state index >= 15 is 0 Å². The smallest absolute Gasteiger partial charge is 0.328 e. The van der Waals surface area contributed by atoms with E-state index in [1.807, 2.05) is 0 Å². The van der Waals surface area contributed by atoms with Crippen molar-refractivity contribution in [3.8, 4) is 0 Å². The molecule has 0 radical (unpaired) electrons. The summed E-state index contributed by atoms with van der Waals surface area (Å²) in [6.07, 6.45) is 0.260. The van der Waals surface area contributed by atoms with Gasteiger partial charge < -0.3 is 14.6 Å². The molecule has 3 rings (SSSR count). The molecule has 7 heteroatoms. The number of H-pyrrole nitrogens is 1. The quantitative estimate of drug-likeness (QED) is 0.707. The van der Waals surface area contributed by atoms with Gasteiger partial charge in [0.15, 0.2) is 5.79 Å². The highest BCUT2D eigenvalue weighted by atomic mass is 16.8. The molecule has 0 amide bonds. The summed E-state index contributed by atoms with van der Waals surface area (Å²) in [4.78, 5) is 25.1. The largest absolute Gasteiger partial charge is 0.390 e. The molecule has 0 aromatic carbocycles. The molecule has 0 bridgehead atoms. The van der Waals surface area contributed by atoms with Crippen molar-refractivity contribution in [1.29, 1.82) is 0 Å². The highest BCUT2D eigenvalue weighted by Gasteiger charge is 2.54. The summed E-state index contributed by atoms with van der Waals surface area (Å²) in [6, 6.07) is 0.938. The van der Waals surface area contributed by atoms with Gasteiger partial charge in [0.05, 0.1) is 12.1 Å². The molecule has 2 aliphatic rings. The molecule has 104 valence electrons. The van der Waals surface area contributed by atoms with Crippen molar-refractivity contribution in [1.82, 2.24) is 9.55 Å². The lowest BCUT2D eigenvalue weighted by atomic mass is 10.2. The maximum atomic E-state index is 11.8. The topological polar surface area (TPSA) is 93.5 Å². The molecule has 1 aliphatic carbocycles. The van der Waals surface area contributed by atoms with Gasteiger partial charge in [0.25, 0.3) is 5.56 Å². The van der Waals surface area contributed by atoms with Gasteiger partial charge in [-0.3, -0.25) is 14.3 Å². The predicted octanol–water partition coefficient (Wildman–Crippen LogP) is -0.638. The van der Waals surface area contributed by atoms with Gasteiger partial charge in [0, 0.05) is 12.3 Å². The molecule has 1 aliphatic heterocycles. The highest BCUT2D eigenvalue weighted by molar-refractivity contribution is 5.02. The van der Waals surface area contributed by atoms with E-state index in [0.29, 0.717) is 6.42 Å². The van der Waals surface area contributed by atoms with Gasteiger partial charge >= 0.3 is 5.69 Å². The second-order valence-corrected chi connectivity index (χ2v) is 5.45. The summed E-state index contributed by atoms with van der Waals surface area (Å²) in [6.45, 7) is 3.54. The Morgan fingerprint density at radius 1 is 1.37 bits per heavy atom. The molecule has 2 heterocycles. The molecule has 7 nitrogen and oxygen atoms in total. The number of ether oxygens (including phenoxy) is 2. The normalized spacial score (nSPS) is 36.4. The Balaban J connectivity index is 1.98. The molecule has 19 heavy (non-hydrogen) atoms. The van der Waals surface area contributed by atoms with Crippen LogP contribution >= 0.6 is 0 Å². The number of aliphatic hydroxyl groups is 1. The number of hydrogen-bond donors (Lipinski definition) is 2. The van der Waals surface area contributed by atoms with Gasteiger partial charge in [-0.1, -0.05) is 0 Å². The molecule has 1 aromatic heterocycles. The fraction of sp³-hybridized carbons (Fsp3) is 0.667. The molecular weight excluding hydrogens is 252 g/mol. The molecule has 1 aromatic rings. The number of rotatable bonds is 1. The third-order valence-electron chi connectivity index (χ3n) is 3.61. The number of aromatic amines is 1. The van der Waals surface area contributed by atoms with Crippen LogP contribution in [0, 0.1) is 0 Å². The van der Waals surface area contributed by atoms with Crippen molar-refractivity contribution in [3.63, 3.8) is 0 Å². The van der Waals surface area contributed by atoms with Crippen LogP contribution in [0.5, 0.6) is 0 Å². The summed E-state index contributed by atoms with van der Waals surface area (Å²) < 4.78 is 12.8. The third-order valence-corrected chi connectivity index (χ3v) is 3.61. The van der Waals surface area contributed by atoms with Crippen molar-refractivity contribution in [2.24, 2.45) is 0 Å². The molecule has 1 saturated carbocycles. The Morgan fingerprint density at radius 3 is 2.74 bits per heavy atom. The first-order valence-corrected chi connectivity index (χ1v) is 6.22. The van der Waals surface area contributed by atoms with Crippen LogP contribution in [0.2, 0.25) is 0 Å². The molecule has 2 unspecified atom stereocenters. The van der Waals surface area contributed by atoms with Gasteiger partial charge in [0.1, 0.15) is 12.2 Å². The third kappa shape index (κ3) is 2.03. The van der Waals surface area contributed by atoms with E-state index in [-0.39, 0.29) is 6.04 Å². The minimum Gasteiger partial charge on any atom is -0.390 e. The van der Waals surface area contributed by atoms with Crippen molar-refractivity contribution in [2.45, 2.75) is 50.4 Å². The van der Waals surface area contributed by atoms with Crippen LogP contribution in [0.3, 0.4) is 0 Å². The van der Waals surface area contributed by atoms with E-state index in [2.05, 4.69) is 4.98 Å². The molecule has 0 spiro atoms. The Hall–Kier alpha value is -1.44. The average molecular weight is 268 g/mol. The number of hydrogen-bond acceptors (Lipinski definition) is 5. The van der Waals surface area contributed by atoms with Gasteiger partial charge in [-0.15, -0.1) is 0 Å². The Bertz CT molecular complexity index is 605. The maximum absolute atomic E-state index is 11.8. The van der Waals surface area contributed by atoms with Crippen LogP contribution in [0.15, 0.2) is 21.9 Å². The summed E-state index contributed by atoms with van der Waals surface area (Å²) in [5.74, 6) is -0.777. The number of nitrogens with zero attached hydrogens (tertiary/aromatic N) is 1. The minimum atomic E-state index is -0.777. The maximum Gasteiger partial charge on any atom is 0.328 e. The zero-order chi connectivity index (χ0) is 13.8. The number of nitrogens with one attached hydrogen (secondary N) is 1. The van der Waals surface area contributed by atoms with Crippen LogP contribution in [-0.4, -0.2) is 38.8 Å². The first-order valence-electron chi connectivity index (χ1n) is 6.22. The number of aromatic nitrogens is 2. The first-order chi connectivity index (χ1) is 8.87.